The van der Waals surface area contributed by atoms with Crippen LogP contribution in [0.25, 0.3) is 0 Å². The van der Waals surface area contributed by atoms with E-state index in [1.807, 2.05) is 24.3 Å². The molecule has 28 heavy (non-hydrogen) atoms. The van der Waals surface area contributed by atoms with Gasteiger partial charge in [0.1, 0.15) is 12.4 Å². The van der Waals surface area contributed by atoms with E-state index in [0.717, 1.165) is 28.0 Å². The predicted octanol–water partition coefficient (Wildman–Crippen LogP) is 3.09. The summed E-state index contributed by atoms with van der Waals surface area (Å²) in [6.45, 7) is 2.00. The Labute approximate surface area is 165 Å². The first-order valence-corrected chi connectivity index (χ1v) is 9.47. The molecular formula is C18H23F3N4O2S. The summed E-state index contributed by atoms with van der Waals surface area (Å²) in [4.78, 5) is 7.71. The summed E-state index contributed by atoms with van der Waals surface area (Å²) in [5, 5.41) is 7.68. The molecule has 0 saturated heterocycles. The van der Waals surface area contributed by atoms with E-state index in [0.29, 0.717) is 43.7 Å². The Bertz CT molecular complexity index is 748. The van der Waals surface area contributed by atoms with Crippen molar-refractivity contribution in [1.82, 2.24) is 15.6 Å². The Kier molecular flexibility index (Phi) is 8.52. The van der Waals surface area contributed by atoms with Gasteiger partial charge in [-0.3, -0.25) is 4.99 Å². The van der Waals surface area contributed by atoms with Crippen molar-refractivity contribution in [1.29, 1.82) is 0 Å². The number of rotatable bonds is 9. The number of guanidine groups is 1. The normalized spacial score (nSPS) is 12.1. The second-order valence-corrected chi connectivity index (χ2v) is 6.65. The maximum Gasteiger partial charge on any atom is 0.434 e. The number of hydrogen-bond donors (Lipinski definition) is 2. The number of nitrogens with one attached hydrogen (secondary N) is 2. The zero-order chi connectivity index (χ0) is 20.4. The molecule has 0 unspecified atom stereocenters. The van der Waals surface area contributed by atoms with Crippen LogP contribution in [0.15, 0.2) is 34.6 Å². The molecule has 2 N–H and O–H groups in total. The number of aromatic nitrogens is 1. The van der Waals surface area contributed by atoms with Crippen LogP contribution in [0.3, 0.4) is 0 Å². The first-order chi connectivity index (χ1) is 13.4. The highest BCUT2D eigenvalue weighted by Crippen LogP contribution is 2.29. The van der Waals surface area contributed by atoms with Crippen molar-refractivity contribution in [3.8, 4) is 5.75 Å². The number of ether oxygens (including phenoxy) is 2. The van der Waals surface area contributed by atoms with Crippen molar-refractivity contribution in [3.63, 3.8) is 0 Å². The molecule has 6 nitrogen and oxygen atoms in total. The Hall–Kier alpha value is -2.33. The minimum absolute atomic E-state index is 0.384. The zero-order valence-electron chi connectivity index (χ0n) is 15.7. The van der Waals surface area contributed by atoms with E-state index in [2.05, 4.69) is 20.6 Å². The fraction of sp³-hybridized carbons (Fsp3) is 0.444. The van der Waals surface area contributed by atoms with Gasteiger partial charge in [-0.25, -0.2) is 4.98 Å². The average Bonchev–Trinajstić information content (AvgIpc) is 3.15. The largest absolute Gasteiger partial charge is 0.491 e. The number of halogens is 3. The Morgan fingerprint density at radius 3 is 2.54 bits per heavy atom. The molecule has 0 atom stereocenters. The van der Waals surface area contributed by atoms with E-state index in [9.17, 15) is 13.2 Å². The molecule has 0 saturated carbocycles. The lowest BCUT2D eigenvalue weighted by Crippen LogP contribution is -2.37. The number of alkyl halides is 3. The third-order valence-corrected chi connectivity index (χ3v) is 4.55. The Morgan fingerprint density at radius 2 is 1.93 bits per heavy atom. The van der Waals surface area contributed by atoms with Crippen molar-refractivity contribution >= 4 is 17.3 Å². The number of thiazole rings is 1. The lowest BCUT2D eigenvalue weighted by Gasteiger charge is -2.12. The van der Waals surface area contributed by atoms with Gasteiger partial charge in [0.25, 0.3) is 0 Å². The molecule has 0 amide bonds. The first kappa shape index (κ1) is 22.0. The summed E-state index contributed by atoms with van der Waals surface area (Å²) < 4.78 is 48.1. The molecule has 1 heterocycles. The zero-order valence-corrected chi connectivity index (χ0v) is 16.5. The SMILES string of the molecule is CN=C(NCCc1nc(C(F)(F)F)cs1)NCc1ccc(OCCOC)cc1. The van der Waals surface area contributed by atoms with Crippen LogP contribution >= 0.6 is 11.3 Å². The fourth-order valence-electron chi connectivity index (χ4n) is 2.20. The summed E-state index contributed by atoms with van der Waals surface area (Å²) in [7, 11) is 3.25. The smallest absolute Gasteiger partial charge is 0.434 e. The van der Waals surface area contributed by atoms with E-state index < -0.39 is 11.9 Å². The van der Waals surface area contributed by atoms with Crippen LogP contribution in [0.2, 0.25) is 0 Å². The first-order valence-electron chi connectivity index (χ1n) is 8.59. The predicted molar refractivity (Wildman–Crippen MR) is 103 cm³/mol. The molecule has 0 aliphatic carbocycles. The number of nitrogens with zero attached hydrogens (tertiary/aromatic N) is 2. The number of aliphatic imine (C=N–C) groups is 1. The molecule has 2 rings (SSSR count). The average molecular weight is 416 g/mol. The minimum atomic E-state index is -4.40. The van der Waals surface area contributed by atoms with E-state index >= 15 is 0 Å². The Morgan fingerprint density at radius 1 is 1.18 bits per heavy atom. The molecule has 0 fully saturated rings. The van der Waals surface area contributed by atoms with E-state index in [1.54, 1.807) is 14.2 Å². The standard InChI is InChI=1S/C18H23F3N4O2S/c1-22-17(23-8-7-16-25-15(12-28-16)18(19,20)21)24-11-13-3-5-14(6-4-13)27-10-9-26-2/h3-6,12H,7-11H2,1-2H3,(H2,22,23,24). The quantitative estimate of drug-likeness (QED) is 0.374. The minimum Gasteiger partial charge on any atom is -0.491 e. The molecule has 0 radical (unpaired) electrons. The molecular weight excluding hydrogens is 393 g/mol. The van der Waals surface area contributed by atoms with Gasteiger partial charge in [0, 0.05) is 39.0 Å². The highest BCUT2D eigenvalue weighted by atomic mass is 32.1. The van der Waals surface area contributed by atoms with Gasteiger partial charge in [-0.05, 0) is 17.7 Å². The molecule has 0 aliphatic rings. The van der Waals surface area contributed by atoms with Crippen molar-refractivity contribution in [2.75, 3.05) is 33.9 Å². The van der Waals surface area contributed by atoms with Gasteiger partial charge in [0.2, 0.25) is 0 Å². The molecule has 2 aromatic rings. The molecule has 154 valence electrons. The molecule has 0 aliphatic heterocycles. The van der Waals surface area contributed by atoms with Gasteiger partial charge in [-0.15, -0.1) is 11.3 Å². The number of benzene rings is 1. The van der Waals surface area contributed by atoms with Crippen LogP contribution in [0.5, 0.6) is 5.75 Å². The number of hydrogen-bond acceptors (Lipinski definition) is 5. The number of methoxy groups -OCH3 is 1. The fourth-order valence-corrected chi connectivity index (χ4v) is 3.00. The highest BCUT2D eigenvalue weighted by molar-refractivity contribution is 7.09. The van der Waals surface area contributed by atoms with Crippen LogP contribution < -0.4 is 15.4 Å². The van der Waals surface area contributed by atoms with Crippen LogP contribution in [-0.4, -0.2) is 44.9 Å². The molecule has 1 aromatic heterocycles. The van der Waals surface area contributed by atoms with Crippen LogP contribution in [0.4, 0.5) is 13.2 Å². The highest BCUT2D eigenvalue weighted by Gasteiger charge is 2.33. The van der Waals surface area contributed by atoms with Crippen LogP contribution in [0.1, 0.15) is 16.3 Å². The van der Waals surface area contributed by atoms with E-state index in [4.69, 9.17) is 9.47 Å². The summed E-state index contributed by atoms with van der Waals surface area (Å²) >= 11 is 1.00. The lowest BCUT2D eigenvalue weighted by atomic mass is 10.2. The molecule has 0 bridgehead atoms. The third-order valence-electron chi connectivity index (χ3n) is 3.64. The van der Waals surface area contributed by atoms with Gasteiger partial charge >= 0.3 is 6.18 Å². The van der Waals surface area contributed by atoms with Crippen molar-refractivity contribution in [2.24, 2.45) is 4.99 Å². The van der Waals surface area contributed by atoms with Gasteiger partial charge < -0.3 is 20.1 Å². The summed E-state index contributed by atoms with van der Waals surface area (Å²) in [5.41, 5.74) is 0.196. The van der Waals surface area contributed by atoms with Crippen LogP contribution in [-0.2, 0) is 23.9 Å². The van der Waals surface area contributed by atoms with Crippen molar-refractivity contribution < 1.29 is 22.6 Å². The summed E-state index contributed by atoms with van der Waals surface area (Å²) in [6.07, 6.45) is -4.01. The maximum atomic E-state index is 12.6. The molecule has 10 heteroatoms. The van der Waals surface area contributed by atoms with Crippen molar-refractivity contribution in [2.45, 2.75) is 19.1 Å². The summed E-state index contributed by atoms with van der Waals surface area (Å²) in [6, 6.07) is 7.64. The second-order valence-electron chi connectivity index (χ2n) is 5.71. The van der Waals surface area contributed by atoms with Gasteiger partial charge in [0.05, 0.1) is 11.6 Å². The monoisotopic (exact) mass is 416 g/mol. The third kappa shape index (κ3) is 7.35. The van der Waals surface area contributed by atoms with Gasteiger partial charge in [-0.1, -0.05) is 12.1 Å². The molecule has 1 aromatic carbocycles. The van der Waals surface area contributed by atoms with Crippen LogP contribution in [0, 0.1) is 0 Å². The van der Waals surface area contributed by atoms with Gasteiger partial charge in [-0.2, -0.15) is 13.2 Å². The van der Waals surface area contributed by atoms with Gasteiger partial charge in [0.15, 0.2) is 11.7 Å². The van der Waals surface area contributed by atoms with E-state index in [-0.39, 0.29) is 0 Å². The molecule has 0 spiro atoms. The summed E-state index contributed by atoms with van der Waals surface area (Å²) in [5.74, 6) is 1.33. The van der Waals surface area contributed by atoms with Crippen molar-refractivity contribution in [3.05, 3.63) is 45.9 Å². The maximum absolute atomic E-state index is 12.6. The van der Waals surface area contributed by atoms with E-state index in [1.165, 1.54) is 0 Å². The topological polar surface area (TPSA) is 67.8 Å². The second kappa shape index (κ2) is 10.9. The lowest BCUT2D eigenvalue weighted by molar-refractivity contribution is -0.140. The Balaban J connectivity index is 1.73.